The lowest BCUT2D eigenvalue weighted by Crippen LogP contribution is -2.46. The van der Waals surface area contributed by atoms with Gasteiger partial charge in [-0.3, -0.25) is 14.4 Å². The highest BCUT2D eigenvalue weighted by molar-refractivity contribution is 5.98. The van der Waals surface area contributed by atoms with Crippen molar-refractivity contribution in [2.75, 3.05) is 13.7 Å². The van der Waals surface area contributed by atoms with Crippen molar-refractivity contribution in [3.8, 4) is 11.5 Å². The van der Waals surface area contributed by atoms with Crippen molar-refractivity contribution in [1.29, 1.82) is 0 Å². The van der Waals surface area contributed by atoms with Crippen molar-refractivity contribution in [2.24, 2.45) is 5.92 Å². The van der Waals surface area contributed by atoms with E-state index in [1.807, 2.05) is 36.4 Å². The summed E-state index contributed by atoms with van der Waals surface area (Å²) >= 11 is 0. The fraction of sp³-hybridized carbons (Fsp3) is 0.300. The summed E-state index contributed by atoms with van der Waals surface area (Å²) < 4.78 is 21.8. The molecule has 1 aliphatic rings. The average Bonchev–Trinajstić information content (AvgIpc) is 3.00. The maximum atomic E-state index is 13.4. The lowest BCUT2D eigenvalue weighted by Gasteiger charge is -2.29. The van der Waals surface area contributed by atoms with Crippen LogP contribution in [-0.4, -0.2) is 65.9 Å². The third-order valence-corrected chi connectivity index (χ3v) is 6.53. The lowest BCUT2D eigenvalue weighted by atomic mass is 9.91. The van der Waals surface area contributed by atoms with Crippen LogP contribution >= 0.6 is 0 Å². The minimum Gasteiger partial charge on any atom is -0.503 e. The Bertz CT molecular complexity index is 1380. The van der Waals surface area contributed by atoms with Gasteiger partial charge < -0.3 is 29.4 Å². The highest BCUT2D eigenvalue weighted by Crippen LogP contribution is 2.28. The number of methoxy groups -OCH3 is 1. The summed E-state index contributed by atoms with van der Waals surface area (Å²) in [4.78, 5) is 56.2. The number of amides is 1. The van der Waals surface area contributed by atoms with Crippen molar-refractivity contribution in [3.05, 3.63) is 89.7 Å². The van der Waals surface area contributed by atoms with Crippen molar-refractivity contribution < 1.29 is 43.2 Å². The number of cyclic esters (lactones) is 2. The normalized spacial score (nSPS) is 20.8. The minimum atomic E-state index is -1.43. The molecule has 1 aromatic heterocycles. The van der Waals surface area contributed by atoms with Crippen LogP contribution in [0.4, 0.5) is 0 Å². The number of carbonyl (C=O) groups excluding carboxylic acids is 4. The number of pyridine rings is 1. The monoisotopic (exact) mass is 562 g/mol. The fourth-order valence-corrected chi connectivity index (χ4v) is 4.43. The molecule has 1 saturated heterocycles. The van der Waals surface area contributed by atoms with Crippen LogP contribution in [-0.2, 0) is 41.4 Å². The maximum Gasteiger partial charge on any atom is 0.332 e. The van der Waals surface area contributed by atoms with Crippen molar-refractivity contribution in [3.63, 3.8) is 0 Å². The van der Waals surface area contributed by atoms with Crippen LogP contribution in [0.5, 0.6) is 11.5 Å². The van der Waals surface area contributed by atoms with E-state index in [1.54, 1.807) is 24.3 Å². The molecule has 2 N–H and O–H groups in total. The molecule has 1 amide bonds. The van der Waals surface area contributed by atoms with Crippen LogP contribution in [0.1, 0.15) is 28.5 Å². The van der Waals surface area contributed by atoms with E-state index in [0.29, 0.717) is 5.56 Å². The van der Waals surface area contributed by atoms with E-state index in [2.05, 4.69) is 10.3 Å². The van der Waals surface area contributed by atoms with Crippen LogP contribution in [0.3, 0.4) is 0 Å². The van der Waals surface area contributed by atoms with Gasteiger partial charge in [-0.05, 0) is 24.5 Å². The third-order valence-electron chi connectivity index (χ3n) is 6.53. The molecule has 2 heterocycles. The van der Waals surface area contributed by atoms with Gasteiger partial charge in [-0.1, -0.05) is 60.7 Å². The van der Waals surface area contributed by atoms with Gasteiger partial charge in [0, 0.05) is 12.3 Å². The maximum absolute atomic E-state index is 13.4. The molecule has 2 unspecified atom stereocenters. The zero-order valence-electron chi connectivity index (χ0n) is 22.5. The number of carbonyl (C=O) groups is 4. The lowest BCUT2D eigenvalue weighted by molar-refractivity contribution is -0.174. The molecule has 3 aromatic rings. The van der Waals surface area contributed by atoms with E-state index in [0.717, 1.165) is 5.56 Å². The SMILES string of the molecule is COc1ccnc(C(=O)NC2COC(=O)[C@H](Cc3ccccc3)C(OC(=O)Cc3ccccc3)[C@H](C)OC2=O)c1O. The molecule has 11 nitrogen and oxygen atoms in total. The highest BCUT2D eigenvalue weighted by Gasteiger charge is 2.42. The number of nitrogens with zero attached hydrogens (tertiary/aromatic N) is 1. The number of aromatic nitrogens is 1. The second-order valence-corrected chi connectivity index (χ2v) is 9.42. The summed E-state index contributed by atoms with van der Waals surface area (Å²) in [6.45, 7) is 0.945. The van der Waals surface area contributed by atoms with Gasteiger partial charge >= 0.3 is 17.9 Å². The van der Waals surface area contributed by atoms with Gasteiger partial charge in [0.1, 0.15) is 18.6 Å². The minimum absolute atomic E-state index is 0.00570. The average molecular weight is 563 g/mol. The number of esters is 3. The van der Waals surface area contributed by atoms with E-state index in [9.17, 15) is 24.3 Å². The van der Waals surface area contributed by atoms with Gasteiger partial charge in [0.25, 0.3) is 5.91 Å². The molecular formula is C30H30N2O9. The topological polar surface area (TPSA) is 150 Å². The molecule has 0 bridgehead atoms. The second kappa shape index (κ2) is 13.4. The van der Waals surface area contributed by atoms with Crippen molar-refractivity contribution in [2.45, 2.75) is 38.0 Å². The first-order valence-corrected chi connectivity index (χ1v) is 12.9. The van der Waals surface area contributed by atoms with E-state index < -0.39 is 66.0 Å². The number of nitrogens with one attached hydrogen (secondary N) is 1. The smallest absolute Gasteiger partial charge is 0.332 e. The summed E-state index contributed by atoms with van der Waals surface area (Å²) in [5, 5.41) is 12.7. The number of aromatic hydroxyl groups is 1. The van der Waals surface area contributed by atoms with Crippen LogP contribution in [0.15, 0.2) is 72.9 Å². The van der Waals surface area contributed by atoms with Crippen LogP contribution in [0.2, 0.25) is 0 Å². The molecule has 0 radical (unpaired) electrons. The Hall–Kier alpha value is -4.93. The Morgan fingerprint density at radius 1 is 1.00 bits per heavy atom. The predicted octanol–water partition coefficient (Wildman–Crippen LogP) is 2.40. The van der Waals surface area contributed by atoms with Gasteiger partial charge in [0.2, 0.25) is 0 Å². The molecule has 4 atom stereocenters. The molecule has 0 aliphatic carbocycles. The van der Waals surface area contributed by atoms with E-state index in [1.165, 1.54) is 26.3 Å². The van der Waals surface area contributed by atoms with Gasteiger partial charge in [-0.25, -0.2) is 9.78 Å². The Morgan fingerprint density at radius 3 is 2.32 bits per heavy atom. The quantitative estimate of drug-likeness (QED) is 0.309. The number of benzene rings is 2. The molecule has 214 valence electrons. The molecule has 0 spiro atoms. The Kier molecular flexibility index (Phi) is 9.51. The van der Waals surface area contributed by atoms with Crippen LogP contribution in [0.25, 0.3) is 0 Å². The van der Waals surface area contributed by atoms with E-state index >= 15 is 0 Å². The van der Waals surface area contributed by atoms with Gasteiger partial charge in [-0.15, -0.1) is 0 Å². The number of hydrogen-bond donors (Lipinski definition) is 2. The third kappa shape index (κ3) is 7.38. The molecule has 1 fully saturated rings. The van der Waals surface area contributed by atoms with E-state index in [4.69, 9.17) is 18.9 Å². The predicted molar refractivity (Wildman–Crippen MR) is 144 cm³/mol. The first-order valence-electron chi connectivity index (χ1n) is 12.9. The molecular weight excluding hydrogens is 532 g/mol. The van der Waals surface area contributed by atoms with Crippen molar-refractivity contribution in [1.82, 2.24) is 10.3 Å². The largest absolute Gasteiger partial charge is 0.503 e. The summed E-state index contributed by atoms with van der Waals surface area (Å²) in [6, 6.07) is 17.9. The van der Waals surface area contributed by atoms with Gasteiger partial charge in [0.05, 0.1) is 13.5 Å². The highest BCUT2D eigenvalue weighted by atomic mass is 16.6. The van der Waals surface area contributed by atoms with Crippen LogP contribution in [0, 0.1) is 5.92 Å². The first kappa shape index (κ1) is 29.1. The Balaban J connectivity index is 1.57. The van der Waals surface area contributed by atoms with Crippen molar-refractivity contribution >= 4 is 23.8 Å². The molecule has 2 aromatic carbocycles. The molecule has 4 rings (SSSR count). The fourth-order valence-electron chi connectivity index (χ4n) is 4.43. The van der Waals surface area contributed by atoms with Gasteiger partial charge in [0.15, 0.2) is 29.3 Å². The Labute approximate surface area is 236 Å². The molecule has 0 saturated carbocycles. The zero-order chi connectivity index (χ0) is 29.4. The van der Waals surface area contributed by atoms with Crippen LogP contribution < -0.4 is 10.1 Å². The summed E-state index contributed by atoms with van der Waals surface area (Å²) in [5.41, 5.74) is 1.09. The standard InChI is InChI=1S/C30H30N2O9/c1-18-27(41-24(33)16-20-11-7-4-8-12-20)21(15-19-9-5-3-6-10-19)29(36)39-17-22(30(37)40-18)32-28(35)25-26(34)23(38-2)13-14-31-25/h3-14,18,21-22,27,34H,15-17H2,1-2H3,(H,32,35)/t18-,21+,22?,27?/m0/s1. The number of rotatable bonds is 8. The first-order chi connectivity index (χ1) is 19.8. The molecule has 41 heavy (non-hydrogen) atoms. The Morgan fingerprint density at radius 2 is 1.66 bits per heavy atom. The summed E-state index contributed by atoms with van der Waals surface area (Å²) in [7, 11) is 1.31. The van der Waals surface area contributed by atoms with Gasteiger partial charge in [-0.2, -0.15) is 0 Å². The summed E-state index contributed by atoms with van der Waals surface area (Å²) in [5.74, 6) is -4.73. The molecule has 1 aliphatic heterocycles. The molecule has 11 heteroatoms. The van der Waals surface area contributed by atoms with E-state index in [-0.39, 0.29) is 18.6 Å². The number of ether oxygens (including phenoxy) is 4. The summed E-state index contributed by atoms with van der Waals surface area (Å²) in [6.07, 6.45) is -0.921. The number of hydrogen-bond acceptors (Lipinski definition) is 10. The zero-order valence-corrected chi connectivity index (χ0v) is 22.5. The second-order valence-electron chi connectivity index (χ2n) is 9.42.